The van der Waals surface area contributed by atoms with Crippen LogP contribution >= 0.6 is 24.0 Å². The first kappa shape index (κ1) is 20.1. The summed E-state index contributed by atoms with van der Waals surface area (Å²) in [5.74, 6) is 2.15. The number of H-pyrrole nitrogens is 1. The summed E-state index contributed by atoms with van der Waals surface area (Å²) in [6, 6.07) is 9.51. The van der Waals surface area contributed by atoms with Crippen molar-refractivity contribution in [3.05, 3.63) is 42.2 Å². The monoisotopic (exact) mass is 445 g/mol. The van der Waals surface area contributed by atoms with Crippen molar-refractivity contribution < 1.29 is 9.47 Å². The standard InChI is InChI=1S/C16H23N5O2.HI/c1-12(23-15-7-5-4-6-14(15)22-3)10-18-16(17-2)19-11-13-8-9-20-21-13;/h4-9,12H,10-11H2,1-3H3,(H,20,21)(H2,17,18,19);1H. The molecular formula is C16H24IN5O2. The van der Waals surface area contributed by atoms with Crippen molar-refractivity contribution in [1.29, 1.82) is 0 Å². The van der Waals surface area contributed by atoms with Gasteiger partial charge in [-0.2, -0.15) is 5.10 Å². The Kier molecular flexibility index (Phi) is 8.98. The summed E-state index contributed by atoms with van der Waals surface area (Å²) in [4.78, 5) is 4.18. The van der Waals surface area contributed by atoms with E-state index in [1.807, 2.05) is 37.3 Å². The third-order valence-corrected chi connectivity index (χ3v) is 3.18. The van der Waals surface area contributed by atoms with Gasteiger partial charge >= 0.3 is 0 Å². The maximum atomic E-state index is 5.90. The molecule has 0 radical (unpaired) electrons. The normalized spacial score (nSPS) is 12.0. The molecule has 1 aromatic heterocycles. The van der Waals surface area contributed by atoms with E-state index < -0.39 is 0 Å². The van der Waals surface area contributed by atoms with E-state index in [1.54, 1.807) is 20.4 Å². The van der Waals surface area contributed by atoms with Crippen molar-refractivity contribution in [2.75, 3.05) is 20.7 Å². The van der Waals surface area contributed by atoms with E-state index in [4.69, 9.17) is 9.47 Å². The zero-order valence-electron chi connectivity index (χ0n) is 14.1. The van der Waals surface area contributed by atoms with Crippen LogP contribution < -0.4 is 20.1 Å². The molecule has 0 bridgehead atoms. The van der Waals surface area contributed by atoms with Gasteiger partial charge in [0, 0.05) is 13.2 Å². The highest BCUT2D eigenvalue weighted by Gasteiger charge is 2.09. The Morgan fingerprint density at radius 2 is 2.00 bits per heavy atom. The summed E-state index contributed by atoms with van der Waals surface area (Å²) in [6.07, 6.45) is 1.67. The smallest absolute Gasteiger partial charge is 0.191 e. The highest BCUT2D eigenvalue weighted by Crippen LogP contribution is 2.26. The van der Waals surface area contributed by atoms with Crippen molar-refractivity contribution in [3.8, 4) is 11.5 Å². The van der Waals surface area contributed by atoms with Crippen LogP contribution in [0.25, 0.3) is 0 Å². The lowest BCUT2D eigenvalue weighted by Crippen LogP contribution is -2.41. The Labute approximate surface area is 159 Å². The Bertz CT molecular complexity index is 619. The summed E-state index contributed by atoms with van der Waals surface area (Å²) in [5, 5.41) is 13.2. The second-order valence-electron chi connectivity index (χ2n) is 4.97. The molecule has 1 heterocycles. The molecule has 2 rings (SSSR count). The van der Waals surface area contributed by atoms with Gasteiger partial charge in [0.25, 0.3) is 0 Å². The Morgan fingerprint density at radius 1 is 1.25 bits per heavy atom. The zero-order chi connectivity index (χ0) is 16.5. The summed E-state index contributed by atoms with van der Waals surface area (Å²) < 4.78 is 11.2. The first-order valence-electron chi connectivity index (χ1n) is 7.45. The van der Waals surface area contributed by atoms with Crippen LogP contribution in [0.4, 0.5) is 0 Å². The number of aliphatic imine (C=N–C) groups is 1. The lowest BCUT2D eigenvalue weighted by molar-refractivity contribution is 0.213. The number of ether oxygens (including phenoxy) is 2. The van der Waals surface area contributed by atoms with E-state index in [0.29, 0.717) is 19.0 Å². The SMILES string of the molecule is CN=C(NCc1ccn[nH]1)NCC(C)Oc1ccccc1OC.I. The molecule has 1 unspecified atom stereocenters. The van der Waals surface area contributed by atoms with Gasteiger partial charge in [0.15, 0.2) is 17.5 Å². The Morgan fingerprint density at radius 3 is 2.62 bits per heavy atom. The Hall–Kier alpha value is -1.97. The summed E-state index contributed by atoms with van der Waals surface area (Å²) in [6.45, 7) is 3.23. The molecule has 0 aliphatic rings. The van der Waals surface area contributed by atoms with Crippen molar-refractivity contribution in [3.63, 3.8) is 0 Å². The quantitative estimate of drug-likeness (QED) is 0.346. The number of hydrogen-bond acceptors (Lipinski definition) is 4. The fraction of sp³-hybridized carbons (Fsp3) is 0.375. The van der Waals surface area contributed by atoms with E-state index in [9.17, 15) is 0 Å². The molecule has 2 aromatic rings. The number of halogens is 1. The molecule has 3 N–H and O–H groups in total. The fourth-order valence-electron chi connectivity index (χ4n) is 2.00. The third kappa shape index (κ3) is 6.26. The van der Waals surface area contributed by atoms with Crippen LogP contribution in [0.3, 0.4) is 0 Å². The molecule has 0 saturated carbocycles. The van der Waals surface area contributed by atoms with Crippen LogP contribution in [0.5, 0.6) is 11.5 Å². The predicted octanol–water partition coefficient (Wildman–Crippen LogP) is 2.17. The number of aromatic amines is 1. The van der Waals surface area contributed by atoms with Gasteiger partial charge in [-0.1, -0.05) is 12.1 Å². The van der Waals surface area contributed by atoms with Crippen molar-refractivity contribution in [2.45, 2.75) is 19.6 Å². The minimum Gasteiger partial charge on any atom is -0.493 e. The molecular weight excluding hydrogens is 421 g/mol. The van der Waals surface area contributed by atoms with Crippen LogP contribution in [0.2, 0.25) is 0 Å². The fourth-order valence-corrected chi connectivity index (χ4v) is 2.00. The second-order valence-corrected chi connectivity index (χ2v) is 4.97. The molecule has 1 atom stereocenters. The molecule has 0 amide bonds. The molecule has 8 heteroatoms. The summed E-state index contributed by atoms with van der Waals surface area (Å²) >= 11 is 0. The van der Waals surface area contributed by atoms with Crippen LogP contribution in [-0.2, 0) is 6.54 Å². The minimum absolute atomic E-state index is 0. The number of guanidine groups is 1. The van der Waals surface area contributed by atoms with Gasteiger partial charge in [0.2, 0.25) is 0 Å². The second kappa shape index (κ2) is 10.7. The largest absolute Gasteiger partial charge is 0.493 e. The number of benzene rings is 1. The molecule has 0 spiro atoms. The van der Waals surface area contributed by atoms with Gasteiger partial charge in [-0.15, -0.1) is 24.0 Å². The molecule has 24 heavy (non-hydrogen) atoms. The molecule has 1 aromatic carbocycles. The number of aromatic nitrogens is 2. The average molecular weight is 445 g/mol. The van der Waals surface area contributed by atoms with Crippen LogP contribution in [0, 0.1) is 0 Å². The first-order chi connectivity index (χ1) is 11.2. The van der Waals surface area contributed by atoms with Gasteiger partial charge in [-0.3, -0.25) is 10.1 Å². The van der Waals surface area contributed by atoms with Crippen LogP contribution in [0.1, 0.15) is 12.6 Å². The van der Waals surface area contributed by atoms with E-state index in [2.05, 4.69) is 25.8 Å². The number of nitrogens with one attached hydrogen (secondary N) is 3. The summed E-state index contributed by atoms with van der Waals surface area (Å²) in [5.41, 5.74) is 0.992. The molecule has 0 fully saturated rings. The number of rotatable bonds is 7. The van der Waals surface area contributed by atoms with Crippen LogP contribution in [-0.4, -0.2) is 43.0 Å². The van der Waals surface area contributed by atoms with Gasteiger partial charge in [-0.05, 0) is 25.1 Å². The number of hydrogen-bond donors (Lipinski definition) is 3. The highest BCUT2D eigenvalue weighted by molar-refractivity contribution is 14.0. The first-order valence-corrected chi connectivity index (χ1v) is 7.45. The molecule has 132 valence electrons. The van der Waals surface area contributed by atoms with Crippen molar-refractivity contribution in [1.82, 2.24) is 20.8 Å². The minimum atomic E-state index is -0.0444. The molecule has 7 nitrogen and oxygen atoms in total. The van der Waals surface area contributed by atoms with Gasteiger partial charge in [0.05, 0.1) is 25.9 Å². The van der Waals surface area contributed by atoms with Gasteiger partial charge in [0.1, 0.15) is 6.10 Å². The van der Waals surface area contributed by atoms with E-state index in [-0.39, 0.29) is 30.1 Å². The van der Waals surface area contributed by atoms with E-state index in [0.717, 1.165) is 17.2 Å². The van der Waals surface area contributed by atoms with E-state index in [1.165, 1.54) is 0 Å². The Balaban J connectivity index is 0.00000288. The van der Waals surface area contributed by atoms with Crippen LogP contribution in [0.15, 0.2) is 41.5 Å². The topological polar surface area (TPSA) is 83.6 Å². The predicted molar refractivity (Wildman–Crippen MR) is 105 cm³/mol. The average Bonchev–Trinajstić information content (AvgIpc) is 3.09. The lowest BCUT2D eigenvalue weighted by Gasteiger charge is -2.18. The summed E-state index contributed by atoms with van der Waals surface area (Å²) in [7, 11) is 3.36. The zero-order valence-corrected chi connectivity index (χ0v) is 16.4. The third-order valence-electron chi connectivity index (χ3n) is 3.18. The highest BCUT2D eigenvalue weighted by atomic mass is 127. The van der Waals surface area contributed by atoms with Gasteiger partial charge in [-0.25, -0.2) is 0 Å². The maximum Gasteiger partial charge on any atom is 0.191 e. The van der Waals surface area contributed by atoms with Crippen molar-refractivity contribution in [2.24, 2.45) is 4.99 Å². The van der Waals surface area contributed by atoms with Crippen molar-refractivity contribution >= 4 is 29.9 Å². The number of para-hydroxylation sites is 2. The molecule has 0 aliphatic carbocycles. The van der Waals surface area contributed by atoms with Gasteiger partial charge < -0.3 is 20.1 Å². The maximum absolute atomic E-state index is 5.90. The molecule has 0 aliphatic heterocycles. The van der Waals surface area contributed by atoms with E-state index >= 15 is 0 Å². The number of nitrogens with zero attached hydrogens (tertiary/aromatic N) is 2. The number of methoxy groups -OCH3 is 1. The molecule has 0 saturated heterocycles. The lowest BCUT2D eigenvalue weighted by atomic mass is 10.3.